The number of anilines is 1. The summed E-state index contributed by atoms with van der Waals surface area (Å²) < 4.78 is 0. The Kier molecular flexibility index (Phi) is 6.24. The van der Waals surface area contributed by atoms with Crippen molar-refractivity contribution >= 4 is 23.3 Å². The number of nitrogens with two attached hydrogens (primary N) is 1. The van der Waals surface area contributed by atoms with Gasteiger partial charge in [-0.05, 0) is 48.4 Å². The predicted molar refractivity (Wildman–Crippen MR) is 111 cm³/mol. The van der Waals surface area contributed by atoms with Gasteiger partial charge in [0.05, 0.1) is 11.3 Å². The smallest absolute Gasteiger partial charge is 0.335 e. The first-order valence-corrected chi connectivity index (χ1v) is 9.16. The van der Waals surface area contributed by atoms with Gasteiger partial charge in [0.25, 0.3) is 5.91 Å². The molecule has 4 N–H and O–H groups in total. The van der Waals surface area contributed by atoms with Crippen molar-refractivity contribution in [3.8, 4) is 5.75 Å². The number of rotatable bonds is 7. The van der Waals surface area contributed by atoms with Gasteiger partial charge in [-0.1, -0.05) is 42.5 Å². The van der Waals surface area contributed by atoms with Crippen LogP contribution < -0.4 is 10.9 Å². The van der Waals surface area contributed by atoms with Gasteiger partial charge in [0, 0.05) is 5.56 Å². The van der Waals surface area contributed by atoms with Crippen molar-refractivity contribution in [2.45, 2.75) is 6.42 Å². The number of carbonyl (C=O) groups is 3. The normalized spacial score (nSPS) is 11.5. The van der Waals surface area contributed by atoms with Crippen LogP contribution in [0.2, 0.25) is 0 Å². The third-order valence-electron chi connectivity index (χ3n) is 4.68. The van der Waals surface area contributed by atoms with E-state index in [0.29, 0.717) is 11.1 Å². The Balaban J connectivity index is 1.91. The molecule has 7 heteroatoms. The van der Waals surface area contributed by atoms with Crippen molar-refractivity contribution in [2.75, 3.05) is 5.01 Å². The number of benzene rings is 3. The van der Waals surface area contributed by atoms with Crippen LogP contribution in [0.5, 0.6) is 5.75 Å². The van der Waals surface area contributed by atoms with E-state index in [1.807, 2.05) is 0 Å². The van der Waals surface area contributed by atoms with Crippen LogP contribution in [0.1, 0.15) is 26.3 Å². The maximum Gasteiger partial charge on any atom is 0.335 e. The zero-order valence-corrected chi connectivity index (χ0v) is 15.9. The third kappa shape index (κ3) is 4.71. The van der Waals surface area contributed by atoms with E-state index in [9.17, 15) is 19.5 Å². The molecule has 3 rings (SSSR count). The lowest BCUT2D eigenvalue weighted by atomic mass is 9.90. The van der Waals surface area contributed by atoms with Crippen molar-refractivity contribution < 1.29 is 24.6 Å². The summed E-state index contributed by atoms with van der Waals surface area (Å²) in [6, 6.07) is 20.2. The summed E-state index contributed by atoms with van der Waals surface area (Å²) in [6.45, 7) is 0. The summed E-state index contributed by atoms with van der Waals surface area (Å²) in [6.07, 6.45) is 0.0910. The van der Waals surface area contributed by atoms with E-state index in [1.165, 1.54) is 36.4 Å². The molecule has 3 aromatic rings. The highest BCUT2D eigenvalue weighted by Gasteiger charge is 2.31. The minimum Gasteiger partial charge on any atom is -0.508 e. The molecule has 0 fully saturated rings. The number of Topliss-reactive ketones (excluding diaryl/α,β-unsaturated/α-hetero) is 1. The molecule has 0 aliphatic rings. The topological polar surface area (TPSA) is 121 Å². The first kappa shape index (κ1) is 20.8. The number of amides is 1. The Morgan fingerprint density at radius 3 is 2.00 bits per heavy atom. The van der Waals surface area contributed by atoms with Crippen LogP contribution in [0.4, 0.5) is 5.69 Å². The van der Waals surface area contributed by atoms with Crippen LogP contribution >= 0.6 is 0 Å². The van der Waals surface area contributed by atoms with Crippen LogP contribution in [0, 0.1) is 5.92 Å². The first-order valence-electron chi connectivity index (χ1n) is 9.16. The largest absolute Gasteiger partial charge is 0.508 e. The highest BCUT2D eigenvalue weighted by Crippen LogP contribution is 2.22. The number of aromatic hydroxyl groups is 1. The lowest BCUT2D eigenvalue weighted by molar-refractivity contribution is -0.121. The van der Waals surface area contributed by atoms with E-state index < -0.39 is 17.8 Å². The molecule has 1 unspecified atom stereocenters. The van der Waals surface area contributed by atoms with Crippen molar-refractivity contribution in [2.24, 2.45) is 11.8 Å². The molecule has 1 amide bonds. The second-order valence-corrected chi connectivity index (χ2v) is 6.71. The van der Waals surface area contributed by atoms with Crippen LogP contribution in [0.25, 0.3) is 0 Å². The Bertz CT molecular complexity index is 1050. The molecule has 3 aromatic carbocycles. The molecule has 1 atom stereocenters. The molecular weight excluding hydrogens is 384 g/mol. The van der Waals surface area contributed by atoms with E-state index in [4.69, 9.17) is 10.9 Å². The number of carboxylic acid groups (broad SMARTS) is 1. The summed E-state index contributed by atoms with van der Waals surface area (Å²) in [5.74, 6) is 2.88. The van der Waals surface area contributed by atoms with Gasteiger partial charge in [-0.15, -0.1) is 0 Å². The number of hydrogen-bond acceptors (Lipinski definition) is 5. The average Bonchev–Trinajstić information content (AvgIpc) is 2.78. The molecule has 0 radical (unpaired) electrons. The molecule has 0 aromatic heterocycles. The second-order valence-electron chi connectivity index (χ2n) is 6.71. The van der Waals surface area contributed by atoms with Gasteiger partial charge in [0.15, 0.2) is 5.78 Å². The minimum absolute atomic E-state index is 0.0561. The molecule has 0 aliphatic heterocycles. The molecule has 30 heavy (non-hydrogen) atoms. The van der Waals surface area contributed by atoms with Gasteiger partial charge in [-0.3, -0.25) is 9.59 Å². The van der Waals surface area contributed by atoms with Gasteiger partial charge in [0.1, 0.15) is 11.7 Å². The number of carbonyl (C=O) groups excluding carboxylic acids is 2. The number of aromatic carboxylic acids is 1. The maximum atomic E-state index is 13.2. The van der Waals surface area contributed by atoms with E-state index in [0.717, 1.165) is 5.01 Å². The van der Waals surface area contributed by atoms with Gasteiger partial charge in [0.2, 0.25) is 0 Å². The molecule has 0 heterocycles. The number of carboxylic acids is 1. The summed E-state index contributed by atoms with van der Waals surface area (Å²) in [7, 11) is 0. The number of hydrogen-bond donors (Lipinski definition) is 3. The molecule has 152 valence electrons. The van der Waals surface area contributed by atoms with Crippen molar-refractivity contribution in [1.82, 2.24) is 0 Å². The lowest BCUT2D eigenvalue weighted by Gasteiger charge is -2.23. The van der Waals surface area contributed by atoms with Crippen molar-refractivity contribution in [1.29, 1.82) is 0 Å². The Morgan fingerprint density at radius 1 is 0.833 bits per heavy atom. The van der Waals surface area contributed by atoms with Crippen molar-refractivity contribution in [3.05, 3.63) is 95.6 Å². The Labute approximate surface area is 173 Å². The van der Waals surface area contributed by atoms with E-state index in [2.05, 4.69) is 0 Å². The van der Waals surface area contributed by atoms with Gasteiger partial charge < -0.3 is 10.2 Å². The second kappa shape index (κ2) is 9.02. The van der Waals surface area contributed by atoms with Crippen LogP contribution in [0.15, 0.2) is 78.9 Å². The fourth-order valence-electron chi connectivity index (χ4n) is 3.02. The number of phenolic OH excluding ortho intramolecular Hbond substituents is 1. The Hall–Kier alpha value is -3.97. The van der Waals surface area contributed by atoms with E-state index >= 15 is 0 Å². The molecule has 0 saturated heterocycles. The number of phenols is 1. The summed E-state index contributed by atoms with van der Waals surface area (Å²) in [5.41, 5.74) is 1.39. The highest BCUT2D eigenvalue weighted by atomic mass is 16.4. The summed E-state index contributed by atoms with van der Waals surface area (Å²) in [5, 5.41) is 19.4. The zero-order valence-electron chi connectivity index (χ0n) is 15.9. The highest BCUT2D eigenvalue weighted by molar-refractivity contribution is 6.14. The monoisotopic (exact) mass is 404 g/mol. The maximum absolute atomic E-state index is 13.2. The van der Waals surface area contributed by atoms with E-state index in [1.54, 1.807) is 42.5 Å². The average molecular weight is 404 g/mol. The fraction of sp³-hybridized carbons (Fsp3) is 0.0870. The predicted octanol–water partition coefficient (Wildman–Crippen LogP) is 3.04. The third-order valence-corrected chi connectivity index (χ3v) is 4.68. The molecular formula is C23H20N2O5. The van der Waals surface area contributed by atoms with E-state index in [-0.39, 0.29) is 29.2 Å². The standard InChI is InChI=1S/C23H20N2O5/c24-25(18-10-8-17(9-11-18)23(29)30)22(28)20(14-15-6-12-19(26)13-7-15)21(27)16-4-2-1-3-5-16/h1-13,20,26H,14,24H2,(H,29,30). The summed E-state index contributed by atoms with van der Waals surface area (Å²) in [4.78, 5) is 37.3. The van der Waals surface area contributed by atoms with Gasteiger partial charge in [-0.25, -0.2) is 15.6 Å². The first-order chi connectivity index (χ1) is 14.4. The quantitative estimate of drug-likeness (QED) is 0.183. The zero-order chi connectivity index (χ0) is 21.7. The minimum atomic E-state index is -1.10. The molecule has 0 saturated carbocycles. The number of nitrogens with zero attached hydrogens (tertiary/aromatic N) is 1. The molecule has 0 aliphatic carbocycles. The lowest BCUT2D eigenvalue weighted by Crippen LogP contribution is -2.45. The van der Waals surface area contributed by atoms with Crippen LogP contribution in [-0.4, -0.2) is 27.9 Å². The summed E-state index contributed by atoms with van der Waals surface area (Å²) >= 11 is 0. The molecule has 0 bridgehead atoms. The van der Waals surface area contributed by atoms with Crippen LogP contribution in [0.3, 0.4) is 0 Å². The SMILES string of the molecule is NN(C(=O)C(Cc1ccc(O)cc1)C(=O)c1ccccc1)c1ccc(C(=O)O)cc1. The Morgan fingerprint density at radius 2 is 1.43 bits per heavy atom. The number of ketones is 1. The molecule has 7 nitrogen and oxygen atoms in total. The molecule has 0 spiro atoms. The van der Waals surface area contributed by atoms with Gasteiger partial charge in [-0.2, -0.15) is 0 Å². The fourth-order valence-corrected chi connectivity index (χ4v) is 3.02. The van der Waals surface area contributed by atoms with Gasteiger partial charge >= 0.3 is 5.97 Å². The number of hydrazine groups is 1. The van der Waals surface area contributed by atoms with Crippen LogP contribution in [-0.2, 0) is 11.2 Å². The van der Waals surface area contributed by atoms with Crippen molar-refractivity contribution in [3.63, 3.8) is 0 Å².